The van der Waals surface area contributed by atoms with Gasteiger partial charge in [-0.1, -0.05) is 19.3 Å². The van der Waals surface area contributed by atoms with Crippen molar-refractivity contribution in [3.05, 3.63) is 17.5 Å². The maximum atomic E-state index is 12.7. The zero-order valence-electron chi connectivity index (χ0n) is 13.1. The molecule has 0 aliphatic heterocycles. The van der Waals surface area contributed by atoms with E-state index in [-0.39, 0.29) is 11.3 Å². The highest BCUT2D eigenvalue weighted by molar-refractivity contribution is 6.03. The van der Waals surface area contributed by atoms with Gasteiger partial charge in [0, 0.05) is 7.05 Å². The van der Waals surface area contributed by atoms with Gasteiger partial charge in [-0.3, -0.25) is 14.3 Å². The van der Waals surface area contributed by atoms with Crippen LogP contribution in [0.5, 0.6) is 0 Å². The van der Waals surface area contributed by atoms with Crippen LogP contribution in [0.15, 0.2) is 6.20 Å². The maximum absolute atomic E-state index is 12.7. The number of carbonyl (C=O) groups excluding carboxylic acids is 1. The monoisotopic (exact) mass is 309 g/mol. The molecule has 1 fully saturated rings. The second kappa shape index (κ2) is 7.40. The van der Waals surface area contributed by atoms with E-state index >= 15 is 0 Å². The minimum Gasteiger partial charge on any atom is -0.478 e. The van der Waals surface area contributed by atoms with Crippen LogP contribution in [0.2, 0.25) is 0 Å². The minimum atomic E-state index is -1.16. The number of rotatable bonds is 6. The Hall–Kier alpha value is -1.89. The van der Waals surface area contributed by atoms with Crippen molar-refractivity contribution in [3.63, 3.8) is 0 Å². The Morgan fingerprint density at radius 3 is 2.68 bits per heavy atom. The SMILES string of the molecule is CCON(CC1CCCCC1)C(=O)c1c(C(=O)O)cnn1C. The number of amides is 1. The lowest BCUT2D eigenvalue weighted by atomic mass is 9.89. The van der Waals surface area contributed by atoms with Gasteiger partial charge in [-0.2, -0.15) is 5.10 Å². The van der Waals surface area contributed by atoms with Crippen molar-refractivity contribution in [1.29, 1.82) is 0 Å². The fourth-order valence-corrected chi connectivity index (χ4v) is 2.92. The molecule has 1 saturated carbocycles. The van der Waals surface area contributed by atoms with Crippen LogP contribution in [0, 0.1) is 5.92 Å². The Morgan fingerprint density at radius 1 is 1.41 bits per heavy atom. The summed E-state index contributed by atoms with van der Waals surface area (Å²) in [6.45, 7) is 2.66. The van der Waals surface area contributed by atoms with Gasteiger partial charge in [0.15, 0.2) is 0 Å². The summed E-state index contributed by atoms with van der Waals surface area (Å²) in [7, 11) is 1.56. The van der Waals surface area contributed by atoms with E-state index in [1.807, 2.05) is 6.92 Å². The third kappa shape index (κ3) is 3.65. The standard InChI is InChI=1S/C15H23N3O4/c1-3-22-18(10-11-7-5-4-6-8-11)14(19)13-12(15(20)21)9-16-17(13)2/h9,11H,3-8,10H2,1-2H3,(H,20,21). The molecule has 1 aromatic heterocycles. The van der Waals surface area contributed by atoms with Crippen molar-refractivity contribution in [2.45, 2.75) is 39.0 Å². The lowest BCUT2D eigenvalue weighted by Gasteiger charge is -2.28. The lowest BCUT2D eigenvalue weighted by Crippen LogP contribution is -2.37. The summed E-state index contributed by atoms with van der Waals surface area (Å²) in [5.41, 5.74) is -0.0439. The fourth-order valence-electron chi connectivity index (χ4n) is 2.92. The molecule has 122 valence electrons. The number of hydrogen-bond acceptors (Lipinski definition) is 4. The molecule has 2 rings (SSSR count). The molecular weight excluding hydrogens is 286 g/mol. The quantitative estimate of drug-likeness (QED) is 0.813. The van der Waals surface area contributed by atoms with Gasteiger partial charge in [-0.15, -0.1) is 0 Å². The van der Waals surface area contributed by atoms with E-state index in [1.165, 1.54) is 35.2 Å². The fraction of sp³-hybridized carbons (Fsp3) is 0.667. The van der Waals surface area contributed by atoms with Crippen LogP contribution in [0.1, 0.15) is 59.9 Å². The maximum Gasteiger partial charge on any atom is 0.339 e. The number of aromatic carboxylic acids is 1. The number of carboxylic acids is 1. The number of nitrogens with zero attached hydrogens (tertiary/aromatic N) is 3. The first-order valence-electron chi connectivity index (χ1n) is 7.74. The number of aromatic nitrogens is 2. The Morgan fingerprint density at radius 2 is 2.09 bits per heavy atom. The first-order valence-corrected chi connectivity index (χ1v) is 7.74. The molecular formula is C15H23N3O4. The second-order valence-corrected chi connectivity index (χ2v) is 5.62. The van der Waals surface area contributed by atoms with E-state index < -0.39 is 11.9 Å². The highest BCUT2D eigenvalue weighted by atomic mass is 16.7. The Balaban J connectivity index is 2.18. The topological polar surface area (TPSA) is 84.7 Å². The number of aryl methyl sites for hydroxylation is 1. The summed E-state index contributed by atoms with van der Waals surface area (Å²) in [6.07, 6.45) is 6.93. The van der Waals surface area contributed by atoms with Gasteiger partial charge in [0.25, 0.3) is 5.91 Å². The third-order valence-corrected chi connectivity index (χ3v) is 4.03. The van der Waals surface area contributed by atoms with Crippen LogP contribution >= 0.6 is 0 Å². The molecule has 7 nitrogen and oxygen atoms in total. The smallest absolute Gasteiger partial charge is 0.339 e. The second-order valence-electron chi connectivity index (χ2n) is 5.62. The molecule has 0 spiro atoms. The molecule has 0 aromatic carbocycles. The molecule has 1 aliphatic rings. The summed E-state index contributed by atoms with van der Waals surface area (Å²) >= 11 is 0. The largest absolute Gasteiger partial charge is 0.478 e. The van der Waals surface area contributed by atoms with E-state index in [1.54, 1.807) is 7.05 Å². The summed E-state index contributed by atoms with van der Waals surface area (Å²) in [5, 5.41) is 14.4. The minimum absolute atomic E-state index is 0.0526. The summed E-state index contributed by atoms with van der Waals surface area (Å²) in [5.74, 6) is -1.19. The highest BCUT2D eigenvalue weighted by Gasteiger charge is 2.28. The van der Waals surface area contributed by atoms with Gasteiger partial charge in [0.1, 0.15) is 11.3 Å². The van der Waals surface area contributed by atoms with Crippen LogP contribution < -0.4 is 0 Å². The highest BCUT2D eigenvalue weighted by Crippen LogP contribution is 2.25. The number of hydrogen-bond donors (Lipinski definition) is 1. The molecule has 7 heteroatoms. The van der Waals surface area contributed by atoms with Gasteiger partial charge < -0.3 is 5.11 Å². The molecule has 0 atom stereocenters. The number of carbonyl (C=O) groups is 2. The summed E-state index contributed by atoms with van der Waals surface area (Å²) in [4.78, 5) is 29.4. The predicted octanol–water partition coefficient (Wildman–Crippen LogP) is 2.09. The van der Waals surface area contributed by atoms with Crippen LogP contribution in [0.3, 0.4) is 0 Å². The summed E-state index contributed by atoms with van der Waals surface area (Å²) in [6, 6.07) is 0. The zero-order chi connectivity index (χ0) is 16.1. The molecule has 1 aliphatic carbocycles. The van der Waals surface area contributed by atoms with E-state index in [0.29, 0.717) is 19.1 Å². The number of hydroxylamine groups is 2. The summed E-state index contributed by atoms with van der Waals surface area (Å²) < 4.78 is 1.29. The van der Waals surface area contributed by atoms with Gasteiger partial charge in [0.2, 0.25) is 0 Å². The third-order valence-electron chi connectivity index (χ3n) is 4.03. The van der Waals surface area contributed by atoms with Gasteiger partial charge in [-0.05, 0) is 25.7 Å². The first kappa shape index (κ1) is 16.5. The Labute approximate surface area is 129 Å². The normalized spacial score (nSPS) is 15.7. The molecule has 0 unspecified atom stereocenters. The average Bonchev–Trinajstić information content (AvgIpc) is 2.89. The van der Waals surface area contributed by atoms with Gasteiger partial charge >= 0.3 is 5.97 Å². The Kier molecular flexibility index (Phi) is 5.54. The molecule has 0 bridgehead atoms. The van der Waals surface area contributed by atoms with Crippen molar-refractivity contribution in [1.82, 2.24) is 14.8 Å². The Bertz CT molecular complexity index is 535. The van der Waals surface area contributed by atoms with E-state index in [2.05, 4.69) is 5.10 Å². The van der Waals surface area contributed by atoms with Crippen molar-refractivity contribution < 1.29 is 19.5 Å². The molecule has 1 aromatic rings. The number of carboxylic acid groups (broad SMARTS) is 1. The molecule has 0 radical (unpaired) electrons. The van der Waals surface area contributed by atoms with Crippen LogP contribution in [0.4, 0.5) is 0 Å². The van der Waals surface area contributed by atoms with Crippen molar-refractivity contribution >= 4 is 11.9 Å². The van der Waals surface area contributed by atoms with E-state index in [0.717, 1.165) is 12.8 Å². The van der Waals surface area contributed by atoms with Crippen molar-refractivity contribution in [2.75, 3.05) is 13.2 Å². The molecule has 1 N–H and O–H groups in total. The molecule has 22 heavy (non-hydrogen) atoms. The first-order chi connectivity index (χ1) is 10.5. The van der Waals surface area contributed by atoms with Crippen molar-refractivity contribution in [3.8, 4) is 0 Å². The van der Waals surface area contributed by atoms with E-state index in [4.69, 9.17) is 4.84 Å². The van der Waals surface area contributed by atoms with Gasteiger partial charge in [0.05, 0.1) is 19.3 Å². The molecule has 1 amide bonds. The molecule has 1 heterocycles. The predicted molar refractivity (Wildman–Crippen MR) is 79.4 cm³/mol. The van der Waals surface area contributed by atoms with Crippen LogP contribution in [-0.2, 0) is 11.9 Å². The van der Waals surface area contributed by atoms with Crippen LogP contribution in [0.25, 0.3) is 0 Å². The molecule has 0 saturated heterocycles. The van der Waals surface area contributed by atoms with Gasteiger partial charge in [-0.25, -0.2) is 9.86 Å². The lowest BCUT2D eigenvalue weighted by molar-refractivity contribution is -0.128. The van der Waals surface area contributed by atoms with Crippen LogP contribution in [-0.4, -0.2) is 45.0 Å². The van der Waals surface area contributed by atoms with E-state index in [9.17, 15) is 14.7 Å². The average molecular weight is 309 g/mol. The zero-order valence-corrected chi connectivity index (χ0v) is 13.1. The van der Waals surface area contributed by atoms with Crippen molar-refractivity contribution in [2.24, 2.45) is 13.0 Å².